The van der Waals surface area contributed by atoms with Gasteiger partial charge in [0.25, 0.3) is 5.69 Å². The molecule has 6 amide bonds. The lowest BCUT2D eigenvalue weighted by molar-refractivity contribution is -0.384. The van der Waals surface area contributed by atoms with Gasteiger partial charge >= 0.3 is 5.97 Å². The van der Waals surface area contributed by atoms with E-state index in [1.54, 1.807) is 0 Å². The fourth-order valence-electron chi connectivity index (χ4n) is 6.76. The molecule has 0 aliphatic rings. The Bertz CT molecular complexity index is 1720. The van der Waals surface area contributed by atoms with Crippen molar-refractivity contribution < 1.29 is 43.6 Å². The summed E-state index contributed by atoms with van der Waals surface area (Å²) in [5.74, 6) is -4.93. The molecule has 0 heterocycles. The highest BCUT2D eigenvalue weighted by molar-refractivity contribution is 5.94. The molecule has 17 nitrogen and oxygen atoms in total. The number of carboxylic acid groups (broad SMARTS) is 1. The van der Waals surface area contributed by atoms with Crippen molar-refractivity contribution in [3.63, 3.8) is 0 Å². The number of rotatable bonds is 32. The first-order valence-corrected chi connectivity index (χ1v) is 21.4. The average Bonchev–Trinajstić information content (AvgIpc) is 3.22. The van der Waals surface area contributed by atoms with E-state index < -0.39 is 71.0 Å². The van der Waals surface area contributed by atoms with Crippen molar-refractivity contribution in [1.82, 2.24) is 21.3 Å². The Morgan fingerprint density at radius 1 is 0.623 bits per heavy atom. The van der Waals surface area contributed by atoms with Crippen LogP contribution in [-0.4, -0.2) is 75.6 Å². The highest BCUT2D eigenvalue weighted by Crippen LogP contribution is 2.16. The highest BCUT2D eigenvalue weighted by Gasteiger charge is 2.30. The molecule has 0 aliphatic carbocycles. The van der Waals surface area contributed by atoms with Crippen LogP contribution >= 0.6 is 0 Å². The number of non-ortho nitro benzene ring substituents is 1. The van der Waals surface area contributed by atoms with Crippen molar-refractivity contribution in [2.45, 2.75) is 154 Å². The molecule has 336 valence electrons. The number of aliphatic carboxylic acids is 1. The number of carboxylic acids is 1. The van der Waals surface area contributed by atoms with E-state index >= 15 is 0 Å². The van der Waals surface area contributed by atoms with Crippen LogP contribution in [0.2, 0.25) is 0 Å². The summed E-state index contributed by atoms with van der Waals surface area (Å²) in [4.78, 5) is 97.4. The Kier molecular flexibility index (Phi) is 24.0. The zero-order valence-corrected chi connectivity index (χ0v) is 35.5. The SMILES string of the molecule is CCC(C)[C@H](NC(=O)CCCCCCCCCCCCCCC(=O)N[C@@H](CC(N)=O)C(=O)N[C@@H](Cc1ccc([N+](=O)[O-])cc1)C(=O)O)C(=O)N[C@@H](Cc1ccccc1)C(N)=O. The lowest BCUT2D eigenvalue weighted by atomic mass is 9.97. The number of nitrogens with two attached hydrogens (primary N) is 2. The third-order valence-electron chi connectivity index (χ3n) is 10.6. The van der Waals surface area contributed by atoms with Gasteiger partial charge in [0.15, 0.2) is 0 Å². The molecule has 17 heteroatoms. The number of hydrogen-bond donors (Lipinski definition) is 7. The maximum absolute atomic E-state index is 13.2. The smallest absolute Gasteiger partial charge is 0.326 e. The second kappa shape index (κ2) is 28.6. The van der Waals surface area contributed by atoms with E-state index in [2.05, 4.69) is 21.3 Å². The molecule has 2 aromatic carbocycles. The van der Waals surface area contributed by atoms with Crippen LogP contribution in [0, 0.1) is 16.0 Å². The molecule has 0 saturated carbocycles. The number of nitrogens with one attached hydrogen (secondary N) is 4. The van der Waals surface area contributed by atoms with Crippen LogP contribution in [0.3, 0.4) is 0 Å². The van der Waals surface area contributed by atoms with Crippen molar-refractivity contribution in [3.8, 4) is 0 Å². The summed E-state index contributed by atoms with van der Waals surface area (Å²) >= 11 is 0. The van der Waals surface area contributed by atoms with Crippen LogP contribution in [0.1, 0.15) is 128 Å². The topological polar surface area (TPSA) is 283 Å². The van der Waals surface area contributed by atoms with E-state index in [1.165, 1.54) is 24.3 Å². The van der Waals surface area contributed by atoms with Gasteiger partial charge in [0.1, 0.15) is 24.2 Å². The Balaban J connectivity index is 1.59. The fourth-order valence-corrected chi connectivity index (χ4v) is 6.76. The predicted molar refractivity (Wildman–Crippen MR) is 229 cm³/mol. The van der Waals surface area contributed by atoms with Gasteiger partial charge < -0.3 is 37.8 Å². The van der Waals surface area contributed by atoms with Crippen molar-refractivity contribution >= 4 is 47.1 Å². The maximum atomic E-state index is 13.2. The van der Waals surface area contributed by atoms with Gasteiger partial charge in [0.2, 0.25) is 35.4 Å². The summed E-state index contributed by atoms with van der Waals surface area (Å²) in [6.45, 7) is 3.83. The van der Waals surface area contributed by atoms with Crippen LogP contribution in [0.5, 0.6) is 0 Å². The van der Waals surface area contributed by atoms with Crippen molar-refractivity contribution in [2.24, 2.45) is 17.4 Å². The molecular formula is C44H65N7O10. The molecule has 9 N–H and O–H groups in total. The lowest BCUT2D eigenvalue weighted by Gasteiger charge is -2.26. The van der Waals surface area contributed by atoms with E-state index in [4.69, 9.17) is 11.5 Å². The number of unbranched alkanes of at least 4 members (excludes halogenated alkanes) is 11. The van der Waals surface area contributed by atoms with Crippen LogP contribution < -0.4 is 32.7 Å². The summed E-state index contributed by atoms with van der Waals surface area (Å²) < 4.78 is 0. The number of carbonyl (C=O) groups is 7. The maximum Gasteiger partial charge on any atom is 0.326 e. The standard InChI is InChI=1S/C44H65N7O10/c1-3-30(2)40(43(57)48-34(41(46)55)27-31-19-15-14-16-20-31)50-39(54)22-18-13-11-9-7-5-4-6-8-10-12-17-21-38(53)47-35(29-37(45)52)42(56)49-36(44(58)59)28-32-23-25-33(26-24-32)51(60)61/h14-16,19-20,23-26,30,34-36,40H,3-13,17-18,21-22,27-29H2,1-2H3,(H2,45,52)(H2,46,55)(H,47,53)(H,48,57)(H,49,56)(H,50,54)(H,58,59)/t30?,34-,35-,36-,40-/m0/s1. The van der Waals surface area contributed by atoms with Crippen molar-refractivity contribution in [2.75, 3.05) is 0 Å². The molecule has 0 spiro atoms. The zero-order valence-electron chi connectivity index (χ0n) is 35.5. The number of hydrogen-bond acceptors (Lipinski definition) is 9. The van der Waals surface area contributed by atoms with Crippen LogP contribution in [0.4, 0.5) is 5.69 Å². The molecule has 0 saturated heterocycles. The van der Waals surface area contributed by atoms with Gasteiger partial charge in [-0.25, -0.2) is 4.79 Å². The fraction of sp³-hybridized carbons (Fsp3) is 0.568. The van der Waals surface area contributed by atoms with Crippen molar-refractivity contribution in [1.29, 1.82) is 0 Å². The van der Waals surface area contributed by atoms with E-state index in [0.29, 0.717) is 31.2 Å². The second-order valence-electron chi connectivity index (χ2n) is 15.6. The summed E-state index contributed by atoms with van der Waals surface area (Å²) in [7, 11) is 0. The monoisotopic (exact) mass is 851 g/mol. The third kappa shape index (κ3) is 21.3. The molecule has 0 radical (unpaired) electrons. The number of nitrogens with zero attached hydrogens (tertiary/aromatic N) is 1. The first-order valence-electron chi connectivity index (χ1n) is 21.4. The van der Waals surface area contributed by atoms with Gasteiger partial charge in [-0.3, -0.25) is 38.9 Å². The molecule has 0 aromatic heterocycles. The molecule has 61 heavy (non-hydrogen) atoms. The predicted octanol–water partition coefficient (Wildman–Crippen LogP) is 4.27. The van der Waals surface area contributed by atoms with Gasteiger partial charge in [-0.1, -0.05) is 127 Å². The van der Waals surface area contributed by atoms with Crippen LogP contribution in [-0.2, 0) is 46.4 Å². The van der Waals surface area contributed by atoms with Crippen LogP contribution in [0.25, 0.3) is 0 Å². The average molecular weight is 852 g/mol. The van der Waals surface area contributed by atoms with Gasteiger partial charge in [-0.15, -0.1) is 0 Å². The lowest BCUT2D eigenvalue weighted by Crippen LogP contribution is -2.55. The highest BCUT2D eigenvalue weighted by atomic mass is 16.6. The zero-order chi connectivity index (χ0) is 45.2. The number of nitro benzene ring substituents is 1. The van der Waals surface area contributed by atoms with Crippen LogP contribution in [0.15, 0.2) is 54.6 Å². The molecule has 1 unspecified atom stereocenters. The quantitative estimate of drug-likeness (QED) is 0.0312. The van der Waals surface area contributed by atoms with Gasteiger partial charge in [-0.05, 0) is 29.9 Å². The van der Waals surface area contributed by atoms with E-state index in [9.17, 15) is 48.8 Å². The van der Waals surface area contributed by atoms with E-state index in [-0.39, 0.29) is 36.8 Å². The minimum Gasteiger partial charge on any atom is -0.480 e. The van der Waals surface area contributed by atoms with E-state index in [0.717, 1.165) is 69.8 Å². The molecule has 0 fully saturated rings. The number of carbonyl (C=O) groups excluding carboxylic acids is 6. The first kappa shape index (κ1) is 51.3. The number of amides is 6. The molecule has 0 aliphatic heterocycles. The van der Waals surface area contributed by atoms with Crippen molar-refractivity contribution in [3.05, 3.63) is 75.8 Å². The Morgan fingerprint density at radius 2 is 1.08 bits per heavy atom. The first-order chi connectivity index (χ1) is 29.1. The van der Waals surface area contributed by atoms with E-state index in [1.807, 2.05) is 44.2 Å². The van der Waals surface area contributed by atoms with Gasteiger partial charge in [-0.2, -0.15) is 0 Å². The molecule has 0 bridgehead atoms. The summed E-state index contributed by atoms with van der Waals surface area (Å²) in [5.41, 5.74) is 12.0. The Morgan fingerprint density at radius 3 is 1.54 bits per heavy atom. The number of nitro groups is 1. The Labute approximate surface area is 358 Å². The number of benzene rings is 2. The molecule has 5 atom stereocenters. The summed E-state index contributed by atoms with van der Waals surface area (Å²) in [5, 5.41) is 31.0. The largest absolute Gasteiger partial charge is 0.480 e. The minimum atomic E-state index is -1.42. The molecule has 2 rings (SSSR count). The normalized spacial score (nSPS) is 13.4. The summed E-state index contributed by atoms with van der Waals surface area (Å²) in [6.07, 6.45) is 12.0. The third-order valence-corrected chi connectivity index (χ3v) is 10.6. The molecular weight excluding hydrogens is 787 g/mol. The van der Waals surface area contributed by atoms with Gasteiger partial charge in [0.05, 0.1) is 11.3 Å². The minimum absolute atomic E-state index is 0.121. The second-order valence-corrected chi connectivity index (χ2v) is 15.6. The van der Waals surface area contributed by atoms with Gasteiger partial charge in [0, 0.05) is 37.8 Å². The summed E-state index contributed by atoms with van der Waals surface area (Å²) in [6, 6.07) is 10.1. The molecule has 2 aromatic rings. The Hall–Kier alpha value is -5.87. The number of primary amides is 2.